The fraction of sp³-hybridized carbons (Fsp3) is 0.421. The summed E-state index contributed by atoms with van der Waals surface area (Å²) in [6.07, 6.45) is 5.67. The minimum Gasteiger partial charge on any atom is -0.467 e. The average molecular weight is 346 g/mol. The van der Waals surface area contributed by atoms with Crippen molar-refractivity contribution in [2.45, 2.75) is 32.7 Å². The van der Waals surface area contributed by atoms with Crippen molar-refractivity contribution in [3.8, 4) is 0 Å². The van der Waals surface area contributed by atoms with Crippen LogP contribution >= 0.6 is 0 Å². The van der Waals surface area contributed by atoms with Crippen LogP contribution in [-0.2, 0) is 14.3 Å². The van der Waals surface area contributed by atoms with Gasteiger partial charge in [0, 0.05) is 26.1 Å². The monoisotopic (exact) mass is 346 g/mol. The van der Waals surface area contributed by atoms with Crippen LogP contribution in [0, 0.1) is 0 Å². The van der Waals surface area contributed by atoms with Crippen LogP contribution in [0.5, 0.6) is 0 Å². The minimum atomic E-state index is -0.699. The molecule has 1 unspecified atom stereocenters. The Balaban J connectivity index is 2.56. The van der Waals surface area contributed by atoms with E-state index in [2.05, 4.69) is 10.1 Å². The quantitative estimate of drug-likeness (QED) is 0.579. The summed E-state index contributed by atoms with van der Waals surface area (Å²) in [7, 11) is 3.06. The van der Waals surface area contributed by atoms with E-state index in [4.69, 9.17) is 0 Å². The van der Waals surface area contributed by atoms with Crippen LogP contribution in [0.2, 0.25) is 0 Å². The van der Waals surface area contributed by atoms with Crippen molar-refractivity contribution >= 4 is 23.9 Å². The van der Waals surface area contributed by atoms with Crippen molar-refractivity contribution < 1.29 is 19.1 Å². The molecule has 2 amide bonds. The maximum Gasteiger partial charge on any atom is 0.328 e. The molecule has 0 saturated heterocycles. The standard InChI is InChI=1S/C19H26N2O4/c1-14(19(24)25-4)20-18(23)17-11-8-10-16(13-17)9-6-5-7-12-21(3)15(2)22/h6,8-11,13-14H,5,7,12H2,1-4H3,(H,20,23)/b9-6+. The number of carbonyl (C=O) groups is 3. The van der Waals surface area contributed by atoms with Crippen molar-refractivity contribution in [1.82, 2.24) is 10.2 Å². The van der Waals surface area contributed by atoms with Crippen molar-refractivity contribution in [2.24, 2.45) is 0 Å². The van der Waals surface area contributed by atoms with Crippen LogP contribution in [0.3, 0.4) is 0 Å². The number of ether oxygens (including phenoxy) is 1. The first-order valence-corrected chi connectivity index (χ1v) is 8.22. The largest absolute Gasteiger partial charge is 0.467 e. The summed E-state index contributed by atoms with van der Waals surface area (Å²) in [5.74, 6) is -0.750. The predicted molar refractivity (Wildman–Crippen MR) is 97.0 cm³/mol. The number of nitrogens with one attached hydrogen (secondary N) is 1. The number of rotatable bonds is 8. The van der Waals surface area contributed by atoms with E-state index in [0.29, 0.717) is 12.1 Å². The summed E-state index contributed by atoms with van der Waals surface area (Å²) in [5.41, 5.74) is 1.38. The fourth-order valence-corrected chi connectivity index (χ4v) is 2.12. The summed E-state index contributed by atoms with van der Waals surface area (Å²) in [6.45, 7) is 3.84. The predicted octanol–water partition coefficient (Wildman–Crippen LogP) is 2.25. The van der Waals surface area contributed by atoms with E-state index >= 15 is 0 Å². The normalized spacial score (nSPS) is 11.8. The van der Waals surface area contributed by atoms with Crippen LogP contribution in [-0.4, -0.2) is 49.4 Å². The molecule has 1 atom stereocenters. The third kappa shape index (κ3) is 7.20. The molecule has 1 N–H and O–H groups in total. The number of hydrogen-bond acceptors (Lipinski definition) is 4. The average Bonchev–Trinajstić information content (AvgIpc) is 2.60. The molecule has 0 radical (unpaired) electrons. The lowest BCUT2D eigenvalue weighted by molar-refractivity contribution is -0.142. The Labute approximate surface area is 148 Å². The van der Waals surface area contributed by atoms with Gasteiger partial charge in [-0.05, 0) is 37.5 Å². The summed E-state index contributed by atoms with van der Waals surface area (Å²) < 4.78 is 4.59. The molecule has 25 heavy (non-hydrogen) atoms. The molecule has 136 valence electrons. The zero-order valence-electron chi connectivity index (χ0n) is 15.2. The number of methoxy groups -OCH3 is 1. The van der Waals surface area contributed by atoms with Gasteiger partial charge in [0.2, 0.25) is 5.91 Å². The highest BCUT2D eigenvalue weighted by Gasteiger charge is 2.16. The molecule has 0 fully saturated rings. The van der Waals surface area contributed by atoms with Gasteiger partial charge in [0.05, 0.1) is 7.11 Å². The summed E-state index contributed by atoms with van der Waals surface area (Å²) in [6, 6.07) is 6.45. The Kier molecular flexibility index (Phi) is 8.39. The molecular formula is C19H26N2O4. The Hall–Kier alpha value is -2.63. The lowest BCUT2D eigenvalue weighted by Gasteiger charge is -2.13. The lowest BCUT2D eigenvalue weighted by Crippen LogP contribution is -2.39. The third-order valence-corrected chi connectivity index (χ3v) is 3.76. The molecule has 1 aromatic rings. The minimum absolute atomic E-state index is 0.0591. The summed E-state index contributed by atoms with van der Waals surface area (Å²) >= 11 is 0. The Morgan fingerprint density at radius 3 is 2.68 bits per heavy atom. The molecule has 0 aliphatic heterocycles. The fourth-order valence-electron chi connectivity index (χ4n) is 2.12. The molecule has 0 aliphatic carbocycles. The van der Waals surface area contributed by atoms with Gasteiger partial charge in [0.25, 0.3) is 5.91 Å². The molecular weight excluding hydrogens is 320 g/mol. The zero-order chi connectivity index (χ0) is 18.8. The second kappa shape index (κ2) is 10.3. The maximum atomic E-state index is 12.2. The first kappa shape index (κ1) is 20.4. The number of esters is 1. The first-order chi connectivity index (χ1) is 11.8. The Morgan fingerprint density at radius 2 is 2.04 bits per heavy atom. The summed E-state index contributed by atoms with van der Waals surface area (Å²) in [5, 5.41) is 2.60. The number of benzene rings is 1. The highest BCUT2D eigenvalue weighted by atomic mass is 16.5. The van der Waals surface area contributed by atoms with Crippen LogP contribution in [0.1, 0.15) is 42.6 Å². The molecule has 0 saturated carbocycles. The second-order valence-electron chi connectivity index (χ2n) is 5.83. The number of amides is 2. The van der Waals surface area contributed by atoms with E-state index in [1.807, 2.05) is 18.2 Å². The highest BCUT2D eigenvalue weighted by molar-refractivity contribution is 5.97. The molecule has 6 heteroatoms. The number of unbranched alkanes of at least 4 members (excludes halogenated alkanes) is 1. The van der Waals surface area contributed by atoms with E-state index in [0.717, 1.165) is 18.4 Å². The SMILES string of the molecule is COC(=O)C(C)NC(=O)c1cccc(/C=C/CCCN(C)C(C)=O)c1. The molecule has 6 nitrogen and oxygen atoms in total. The number of carbonyl (C=O) groups excluding carboxylic acids is 3. The van der Waals surface area contributed by atoms with Gasteiger partial charge in [-0.2, -0.15) is 0 Å². The number of hydrogen-bond donors (Lipinski definition) is 1. The van der Waals surface area contributed by atoms with Crippen LogP contribution in [0.15, 0.2) is 30.3 Å². The first-order valence-electron chi connectivity index (χ1n) is 8.22. The van der Waals surface area contributed by atoms with Gasteiger partial charge in [-0.1, -0.05) is 24.3 Å². The molecule has 1 aromatic carbocycles. The third-order valence-electron chi connectivity index (χ3n) is 3.76. The lowest BCUT2D eigenvalue weighted by atomic mass is 10.1. The van der Waals surface area contributed by atoms with Crippen molar-refractivity contribution in [1.29, 1.82) is 0 Å². The van der Waals surface area contributed by atoms with Gasteiger partial charge in [0.15, 0.2) is 0 Å². The maximum absolute atomic E-state index is 12.2. The molecule has 0 aliphatic rings. The molecule has 0 aromatic heterocycles. The second-order valence-corrected chi connectivity index (χ2v) is 5.83. The van der Waals surface area contributed by atoms with E-state index in [9.17, 15) is 14.4 Å². The van der Waals surface area contributed by atoms with E-state index < -0.39 is 12.0 Å². The van der Waals surface area contributed by atoms with Crippen molar-refractivity contribution in [3.05, 3.63) is 41.5 Å². The van der Waals surface area contributed by atoms with Gasteiger partial charge < -0.3 is 15.0 Å². The van der Waals surface area contributed by atoms with Crippen LogP contribution in [0.4, 0.5) is 0 Å². The van der Waals surface area contributed by atoms with Gasteiger partial charge >= 0.3 is 5.97 Å². The van der Waals surface area contributed by atoms with Crippen LogP contribution < -0.4 is 5.32 Å². The van der Waals surface area contributed by atoms with Gasteiger partial charge in [-0.25, -0.2) is 4.79 Å². The Bertz CT molecular complexity index is 640. The van der Waals surface area contributed by atoms with Gasteiger partial charge in [-0.15, -0.1) is 0 Å². The molecule has 0 heterocycles. The van der Waals surface area contributed by atoms with Gasteiger partial charge in [-0.3, -0.25) is 9.59 Å². The summed E-state index contributed by atoms with van der Waals surface area (Å²) in [4.78, 5) is 36.3. The smallest absolute Gasteiger partial charge is 0.328 e. The van der Waals surface area contributed by atoms with Crippen molar-refractivity contribution in [2.75, 3.05) is 20.7 Å². The van der Waals surface area contributed by atoms with E-state index in [1.54, 1.807) is 44.0 Å². The van der Waals surface area contributed by atoms with E-state index in [1.165, 1.54) is 7.11 Å². The molecule has 0 spiro atoms. The molecule has 1 rings (SSSR count). The number of allylic oxidation sites excluding steroid dienone is 1. The highest BCUT2D eigenvalue weighted by Crippen LogP contribution is 2.09. The van der Waals surface area contributed by atoms with Crippen LogP contribution in [0.25, 0.3) is 6.08 Å². The zero-order valence-corrected chi connectivity index (χ0v) is 15.2. The Morgan fingerprint density at radius 1 is 1.32 bits per heavy atom. The number of nitrogens with zero attached hydrogens (tertiary/aromatic N) is 1. The topological polar surface area (TPSA) is 75.7 Å². The van der Waals surface area contributed by atoms with Gasteiger partial charge in [0.1, 0.15) is 6.04 Å². The van der Waals surface area contributed by atoms with E-state index in [-0.39, 0.29) is 11.8 Å². The van der Waals surface area contributed by atoms with Crippen molar-refractivity contribution in [3.63, 3.8) is 0 Å². The molecule has 0 bridgehead atoms.